The molecule has 0 aromatic heterocycles. The fourth-order valence-corrected chi connectivity index (χ4v) is 1.88. The number of ether oxygens (including phenoxy) is 1. The van der Waals surface area contributed by atoms with Gasteiger partial charge in [-0.1, -0.05) is 34.6 Å². The predicted octanol–water partition coefficient (Wildman–Crippen LogP) is 1.51. The Morgan fingerprint density at radius 2 is 1.88 bits per heavy atom. The predicted molar refractivity (Wildman–Crippen MR) is 104 cm³/mol. The van der Waals surface area contributed by atoms with Gasteiger partial charge in [0, 0.05) is 25.7 Å². The van der Waals surface area contributed by atoms with Crippen LogP contribution in [0.15, 0.2) is 0 Å². The molecule has 4 N–H and O–H groups in total. The summed E-state index contributed by atoms with van der Waals surface area (Å²) in [5.74, 6) is 0.150. The van der Waals surface area contributed by atoms with Crippen LogP contribution in [0.5, 0.6) is 0 Å². The molecule has 6 heteroatoms. The van der Waals surface area contributed by atoms with Crippen molar-refractivity contribution in [2.75, 3.05) is 39.8 Å². The van der Waals surface area contributed by atoms with Crippen molar-refractivity contribution in [3.8, 4) is 0 Å². The lowest BCUT2D eigenvalue weighted by atomic mass is 10.1. The smallest absolute Gasteiger partial charge is 0.237 e. The molecule has 2 heterocycles. The Bertz CT molecular complexity index is 289. The van der Waals surface area contributed by atoms with Crippen LogP contribution >= 0.6 is 0 Å². The maximum absolute atomic E-state index is 10.8. The molecular formula is C18H42N4O2. The van der Waals surface area contributed by atoms with Crippen LogP contribution in [0, 0.1) is 0 Å². The fraction of sp³-hybridized carbons (Fsp3) is 0.944. The van der Waals surface area contributed by atoms with Crippen molar-refractivity contribution in [1.82, 2.24) is 21.3 Å². The van der Waals surface area contributed by atoms with E-state index in [1.54, 1.807) is 0 Å². The molecule has 6 nitrogen and oxygen atoms in total. The molecule has 2 aliphatic heterocycles. The number of carbonyl (C=O) groups is 1. The Kier molecular flexibility index (Phi) is 16.8. The molecule has 1 atom stereocenters. The topological polar surface area (TPSA) is 74.4 Å². The van der Waals surface area contributed by atoms with E-state index < -0.39 is 0 Å². The first-order valence-corrected chi connectivity index (χ1v) is 9.35. The van der Waals surface area contributed by atoms with Crippen molar-refractivity contribution in [3.05, 3.63) is 0 Å². The average molecular weight is 347 g/mol. The van der Waals surface area contributed by atoms with E-state index in [4.69, 9.17) is 4.74 Å². The molecule has 0 saturated carbocycles. The summed E-state index contributed by atoms with van der Waals surface area (Å²) in [4.78, 5) is 10.8. The molecule has 0 aromatic rings. The zero-order valence-electron chi connectivity index (χ0n) is 17.2. The van der Waals surface area contributed by atoms with Gasteiger partial charge in [0.05, 0.1) is 18.2 Å². The molecular weight excluding hydrogens is 304 g/mol. The van der Waals surface area contributed by atoms with E-state index in [1.165, 1.54) is 0 Å². The summed E-state index contributed by atoms with van der Waals surface area (Å²) in [6.07, 6.45) is 0.937. The van der Waals surface area contributed by atoms with Crippen LogP contribution in [-0.4, -0.2) is 63.4 Å². The minimum absolute atomic E-state index is 0.0677. The van der Waals surface area contributed by atoms with Crippen LogP contribution in [0.4, 0.5) is 0 Å². The van der Waals surface area contributed by atoms with Gasteiger partial charge in [-0.3, -0.25) is 4.79 Å². The maximum atomic E-state index is 10.8. The summed E-state index contributed by atoms with van der Waals surface area (Å²) in [7, 11) is 1.95. The van der Waals surface area contributed by atoms with Gasteiger partial charge in [0.1, 0.15) is 0 Å². The van der Waals surface area contributed by atoms with E-state index in [2.05, 4.69) is 49.0 Å². The quantitative estimate of drug-likeness (QED) is 0.623. The molecule has 0 bridgehead atoms. The van der Waals surface area contributed by atoms with E-state index in [9.17, 15) is 4.79 Å². The van der Waals surface area contributed by atoms with Crippen molar-refractivity contribution >= 4 is 5.91 Å². The second-order valence-corrected chi connectivity index (χ2v) is 6.42. The van der Waals surface area contributed by atoms with Gasteiger partial charge in [0.15, 0.2) is 0 Å². The van der Waals surface area contributed by atoms with Crippen molar-refractivity contribution in [1.29, 1.82) is 0 Å². The van der Waals surface area contributed by atoms with Crippen LogP contribution in [0.2, 0.25) is 0 Å². The molecule has 2 rings (SSSR count). The molecule has 2 saturated heterocycles. The highest BCUT2D eigenvalue weighted by Gasteiger charge is 2.22. The lowest BCUT2D eigenvalue weighted by Crippen LogP contribution is -2.45. The maximum Gasteiger partial charge on any atom is 0.237 e. The summed E-state index contributed by atoms with van der Waals surface area (Å²) >= 11 is 0. The number of amides is 1. The third-order valence-electron chi connectivity index (χ3n) is 3.40. The van der Waals surface area contributed by atoms with Gasteiger partial charge in [-0.2, -0.15) is 0 Å². The Labute approximate surface area is 149 Å². The van der Waals surface area contributed by atoms with E-state index >= 15 is 0 Å². The van der Waals surface area contributed by atoms with Gasteiger partial charge in [0.2, 0.25) is 5.91 Å². The summed E-state index contributed by atoms with van der Waals surface area (Å²) < 4.78 is 5.40. The van der Waals surface area contributed by atoms with Crippen molar-refractivity contribution in [2.24, 2.45) is 0 Å². The SMILES string of the molecule is CC.CC1(C)CNCCO1.CCNC1CCNC1=O.CNC(C)C. The van der Waals surface area contributed by atoms with Gasteiger partial charge in [-0.25, -0.2) is 0 Å². The minimum atomic E-state index is 0.0677. The van der Waals surface area contributed by atoms with Gasteiger partial charge >= 0.3 is 0 Å². The Morgan fingerprint density at radius 3 is 2.12 bits per heavy atom. The molecule has 0 radical (unpaired) electrons. The molecule has 0 spiro atoms. The van der Waals surface area contributed by atoms with Crippen molar-refractivity contribution < 1.29 is 9.53 Å². The highest BCUT2D eigenvalue weighted by atomic mass is 16.5. The van der Waals surface area contributed by atoms with Crippen LogP contribution in [0.25, 0.3) is 0 Å². The van der Waals surface area contributed by atoms with Crippen LogP contribution < -0.4 is 21.3 Å². The van der Waals surface area contributed by atoms with Crippen LogP contribution in [0.3, 0.4) is 0 Å². The lowest BCUT2D eigenvalue weighted by molar-refractivity contribution is -0.120. The number of rotatable bonds is 3. The molecule has 24 heavy (non-hydrogen) atoms. The van der Waals surface area contributed by atoms with Crippen LogP contribution in [-0.2, 0) is 9.53 Å². The monoisotopic (exact) mass is 346 g/mol. The fourth-order valence-electron chi connectivity index (χ4n) is 1.88. The molecule has 2 aliphatic rings. The summed E-state index contributed by atoms with van der Waals surface area (Å²) in [5.41, 5.74) is 0.0677. The second-order valence-electron chi connectivity index (χ2n) is 6.42. The first-order chi connectivity index (χ1) is 11.3. The molecule has 1 amide bonds. The largest absolute Gasteiger partial charge is 0.373 e. The minimum Gasteiger partial charge on any atom is -0.373 e. The Morgan fingerprint density at radius 1 is 1.29 bits per heavy atom. The highest BCUT2D eigenvalue weighted by molar-refractivity contribution is 5.83. The van der Waals surface area contributed by atoms with E-state index in [0.29, 0.717) is 6.04 Å². The van der Waals surface area contributed by atoms with Gasteiger partial charge in [-0.15, -0.1) is 0 Å². The van der Waals surface area contributed by atoms with Crippen LogP contribution in [0.1, 0.15) is 54.9 Å². The van der Waals surface area contributed by atoms with Crippen molar-refractivity contribution in [2.45, 2.75) is 72.6 Å². The van der Waals surface area contributed by atoms with Gasteiger partial charge < -0.3 is 26.0 Å². The molecule has 2 fully saturated rings. The van der Waals surface area contributed by atoms with Gasteiger partial charge in [0.25, 0.3) is 0 Å². The first kappa shape index (κ1) is 25.5. The number of hydrogen-bond acceptors (Lipinski definition) is 5. The summed E-state index contributed by atoms with van der Waals surface area (Å²) in [6.45, 7) is 19.0. The lowest BCUT2D eigenvalue weighted by Gasteiger charge is -2.30. The molecule has 1 unspecified atom stereocenters. The molecule has 0 aliphatic carbocycles. The Balaban J connectivity index is 0. The number of morpholine rings is 1. The number of carbonyl (C=O) groups excluding carboxylic acids is 1. The normalized spacial score (nSPS) is 21.4. The van der Waals surface area contributed by atoms with Crippen molar-refractivity contribution in [3.63, 3.8) is 0 Å². The number of likely N-dealkylation sites (N-methyl/N-ethyl adjacent to an activating group) is 1. The molecule has 146 valence electrons. The zero-order valence-corrected chi connectivity index (χ0v) is 17.2. The van der Waals surface area contributed by atoms with E-state index in [-0.39, 0.29) is 17.6 Å². The third-order valence-corrected chi connectivity index (χ3v) is 3.40. The number of hydrogen-bond donors (Lipinski definition) is 4. The number of nitrogens with one attached hydrogen (secondary N) is 4. The van der Waals surface area contributed by atoms with E-state index in [0.717, 1.165) is 39.2 Å². The molecule has 0 aromatic carbocycles. The van der Waals surface area contributed by atoms with Gasteiger partial charge in [-0.05, 0) is 33.9 Å². The first-order valence-electron chi connectivity index (χ1n) is 9.35. The second kappa shape index (κ2) is 15.8. The summed E-state index contributed by atoms with van der Waals surface area (Å²) in [6, 6.07) is 0.713. The average Bonchev–Trinajstić information content (AvgIpc) is 2.96. The Hall–Kier alpha value is -0.690. The van der Waals surface area contributed by atoms with E-state index in [1.807, 2.05) is 27.8 Å². The standard InChI is InChI=1S/C6H12N2O.C6H13NO.C4H11N.C2H6/c1-2-7-5-3-4-8-6(5)9;1-6(2)5-7-3-4-8-6;1-4(2)5-3;1-2/h5,7H,2-4H2,1H3,(H,8,9);7H,3-5H2,1-2H3;4-5H,1-3H3;1-2H3. The summed E-state index contributed by atoms with van der Waals surface area (Å²) in [5, 5.41) is 12.1. The third kappa shape index (κ3) is 14.9. The highest BCUT2D eigenvalue weighted by Crippen LogP contribution is 2.08. The zero-order chi connectivity index (χ0) is 19.0.